The Labute approximate surface area is 70.5 Å². The van der Waals surface area contributed by atoms with Gasteiger partial charge in [-0.3, -0.25) is 0 Å². The van der Waals surface area contributed by atoms with Crippen molar-refractivity contribution in [3.8, 4) is 0 Å². The SMILES string of the molecule is NC(S)(S)C(Br)Br. The third-order valence-corrected chi connectivity index (χ3v) is 3.70. The molecule has 0 aromatic rings. The van der Waals surface area contributed by atoms with E-state index in [4.69, 9.17) is 5.73 Å². The molecule has 7 heavy (non-hydrogen) atoms. The van der Waals surface area contributed by atoms with Crippen LogP contribution in [0.1, 0.15) is 0 Å². The van der Waals surface area contributed by atoms with Crippen LogP contribution in [0.3, 0.4) is 0 Å². The number of thiol groups is 2. The monoisotopic (exact) mass is 265 g/mol. The smallest absolute Gasteiger partial charge is 0.126 e. The normalized spacial score (nSPS) is 12.9. The summed E-state index contributed by atoms with van der Waals surface area (Å²) in [5.41, 5.74) is 5.31. The van der Waals surface area contributed by atoms with E-state index in [1.54, 1.807) is 0 Å². The minimum Gasteiger partial charge on any atom is -0.307 e. The molecule has 0 radical (unpaired) electrons. The summed E-state index contributed by atoms with van der Waals surface area (Å²) in [6, 6.07) is 0. The molecule has 0 aromatic carbocycles. The van der Waals surface area contributed by atoms with Gasteiger partial charge in [0.15, 0.2) is 0 Å². The Hall–Kier alpha value is 1.62. The number of nitrogens with two attached hydrogens (primary N) is 1. The van der Waals surface area contributed by atoms with Crippen molar-refractivity contribution in [2.45, 2.75) is 7.94 Å². The number of hydrogen-bond donors (Lipinski definition) is 3. The second-order valence-electron chi connectivity index (χ2n) is 1.08. The Kier molecular flexibility index (Phi) is 3.65. The van der Waals surface area contributed by atoms with Crippen LogP contribution in [0.2, 0.25) is 0 Å². The van der Waals surface area contributed by atoms with Crippen molar-refractivity contribution < 1.29 is 0 Å². The van der Waals surface area contributed by atoms with Crippen molar-refractivity contribution in [1.29, 1.82) is 0 Å². The standard InChI is InChI=1S/C2H5Br2NS2/c3-1(4)2(5,6)7/h1,6-7H,5H2. The zero-order valence-electron chi connectivity index (χ0n) is 3.31. The highest BCUT2D eigenvalue weighted by molar-refractivity contribution is 9.24. The van der Waals surface area contributed by atoms with E-state index in [0.29, 0.717) is 0 Å². The molecule has 0 aromatic heterocycles. The average molecular weight is 267 g/mol. The number of halogens is 2. The first-order valence-corrected chi connectivity index (χ1v) is 4.19. The molecular weight excluding hydrogens is 262 g/mol. The van der Waals surface area contributed by atoms with Gasteiger partial charge in [-0.2, -0.15) is 0 Å². The van der Waals surface area contributed by atoms with Crippen LogP contribution in [-0.2, 0) is 0 Å². The summed E-state index contributed by atoms with van der Waals surface area (Å²) in [7, 11) is 0. The van der Waals surface area contributed by atoms with Gasteiger partial charge in [0.05, 0.1) is 0 Å². The lowest BCUT2D eigenvalue weighted by Gasteiger charge is -2.16. The van der Waals surface area contributed by atoms with E-state index in [0.717, 1.165) is 0 Å². The minimum absolute atomic E-state index is 0.0702. The van der Waals surface area contributed by atoms with Gasteiger partial charge in [0.25, 0.3) is 0 Å². The Balaban J connectivity index is 3.54. The van der Waals surface area contributed by atoms with Gasteiger partial charge in [0.1, 0.15) is 7.94 Å². The molecule has 44 valence electrons. The molecule has 0 fully saturated rings. The molecule has 5 heteroatoms. The zero-order chi connectivity index (χ0) is 6.08. The fourth-order valence-electron chi connectivity index (χ4n) is 0. The van der Waals surface area contributed by atoms with E-state index in [9.17, 15) is 0 Å². The summed E-state index contributed by atoms with van der Waals surface area (Å²) < 4.78 is -0.848. The van der Waals surface area contributed by atoms with Crippen LogP contribution in [0.25, 0.3) is 0 Å². The maximum Gasteiger partial charge on any atom is 0.126 e. The van der Waals surface area contributed by atoms with Crippen LogP contribution in [-0.4, -0.2) is 7.94 Å². The Bertz CT molecular complexity index is 59.2. The highest BCUT2D eigenvalue weighted by Gasteiger charge is 2.20. The summed E-state index contributed by atoms with van der Waals surface area (Å²) in [6.45, 7) is 0. The molecule has 2 N–H and O–H groups in total. The van der Waals surface area contributed by atoms with Crippen molar-refractivity contribution >= 4 is 57.1 Å². The molecule has 0 aliphatic carbocycles. The van der Waals surface area contributed by atoms with Crippen LogP contribution in [0.15, 0.2) is 0 Å². The van der Waals surface area contributed by atoms with E-state index in [-0.39, 0.29) is 3.74 Å². The lowest BCUT2D eigenvalue weighted by atomic mass is 10.8. The molecule has 0 spiro atoms. The highest BCUT2D eigenvalue weighted by Crippen LogP contribution is 2.27. The van der Waals surface area contributed by atoms with Crippen LogP contribution in [0, 0.1) is 0 Å². The van der Waals surface area contributed by atoms with Crippen molar-refractivity contribution in [1.82, 2.24) is 0 Å². The maximum atomic E-state index is 5.31. The van der Waals surface area contributed by atoms with Gasteiger partial charge < -0.3 is 5.73 Å². The quantitative estimate of drug-likeness (QED) is 0.375. The Morgan fingerprint density at radius 1 is 1.43 bits per heavy atom. The molecular formula is C2H5Br2NS2. The summed E-state index contributed by atoms with van der Waals surface area (Å²) in [6.07, 6.45) is 0. The van der Waals surface area contributed by atoms with Gasteiger partial charge in [0, 0.05) is 0 Å². The molecule has 0 bridgehead atoms. The molecule has 0 aliphatic rings. The van der Waals surface area contributed by atoms with Crippen LogP contribution >= 0.6 is 57.1 Å². The summed E-state index contributed by atoms with van der Waals surface area (Å²) >= 11 is 14.1. The van der Waals surface area contributed by atoms with E-state index in [2.05, 4.69) is 57.1 Å². The van der Waals surface area contributed by atoms with E-state index in [1.165, 1.54) is 0 Å². The van der Waals surface area contributed by atoms with Gasteiger partial charge in [-0.25, -0.2) is 0 Å². The maximum absolute atomic E-state index is 5.31. The van der Waals surface area contributed by atoms with Crippen molar-refractivity contribution in [2.75, 3.05) is 0 Å². The summed E-state index contributed by atoms with van der Waals surface area (Å²) in [4.78, 5) is 0. The first kappa shape index (κ1) is 8.62. The first-order valence-electron chi connectivity index (χ1n) is 1.46. The lowest BCUT2D eigenvalue weighted by molar-refractivity contribution is 0.982. The predicted octanol–water partition coefficient (Wildman–Crippen LogP) is 1.57. The Morgan fingerprint density at radius 3 is 1.57 bits per heavy atom. The molecule has 0 heterocycles. The second-order valence-corrected chi connectivity index (χ2v) is 5.98. The van der Waals surface area contributed by atoms with Crippen LogP contribution in [0.5, 0.6) is 0 Å². The van der Waals surface area contributed by atoms with Crippen LogP contribution < -0.4 is 5.73 Å². The number of hydrogen-bond acceptors (Lipinski definition) is 3. The third-order valence-electron chi connectivity index (χ3n) is 0.321. The second kappa shape index (κ2) is 2.96. The number of rotatable bonds is 1. The molecule has 0 atom stereocenters. The van der Waals surface area contributed by atoms with Crippen molar-refractivity contribution in [2.24, 2.45) is 5.73 Å². The van der Waals surface area contributed by atoms with Gasteiger partial charge >= 0.3 is 0 Å². The molecule has 0 rings (SSSR count). The van der Waals surface area contributed by atoms with Crippen LogP contribution in [0.4, 0.5) is 0 Å². The van der Waals surface area contributed by atoms with E-state index < -0.39 is 4.20 Å². The minimum atomic E-state index is -0.778. The highest BCUT2D eigenvalue weighted by atomic mass is 79.9. The Morgan fingerprint density at radius 2 is 1.57 bits per heavy atom. The fourth-order valence-corrected chi connectivity index (χ4v) is 0. The molecule has 0 unspecified atom stereocenters. The predicted molar refractivity (Wildman–Crippen MR) is 46.5 cm³/mol. The largest absolute Gasteiger partial charge is 0.307 e. The number of alkyl halides is 2. The van der Waals surface area contributed by atoms with Crippen molar-refractivity contribution in [3.63, 3.8) is 0 Å². The molecule has 0 amide bonds. The molecule has 0 saturated heterocycles. The molecule has 0 saturated carbocycles. The topological polar surface area (TPSA) is 26.0 Å². The summed E-state index contributed by atoms with van der Waals surface area (Å²) in [5, 5.41) is 0. The van der Waals surface area contributed by atoms with Crippen molar-refractivity contribution in [3.05, 3.63) is 0 Å². The zero-order valence-corrected chi connectivity index (χ0v) is 8.27. The van der Waals surface area contributed by atoms with Gasteiger partial charge in [-0.05, 0) is 0 Å². The molecule has 0 aliphatic heterocycles. The van der Waals surface area contributed by atoms with Gasteiger partial charge in [-0.15, -0.1) is 25.3 Å². The molecule has 1 nitrogen and oxygen atoms in total. The first-order chi connectivity index (χ1) is 2.94. The van der Waals surface area contributed by atoms with E-state index >= 15 is 0 Å². The average Bonchev–Trinajstić information content (AvgIpc) is 1.31. The van der Waals surface area contributed by atoms with E-state index in [1.807, 2.05) is 0 Å². The lowest BCUT2D eigenvalue weighted by Crippen LogP contribution is -2.32. The van der Waals surface area contributed by atoms with Gasteiger partial charge in [-0.1, -0.05) is 31.9 Å². The fraction of sp³-hybridized carbons (Fsp3) is 1.00. The summed E-state index contributed by atoms with van der Waals surface area (Å²) in [5.74, 6) is 0. The third kappa shape index (κ3) is 4.14. The van der Waals surface area contributed by atoms with Gasteiger partial charge in [0.2, 0.25) is 0 Å².